The number of aromatic nitrogens is 5. The minimum Gasteiger partial charge on any atom is -0.469 e. The van der Waals surface area contributed by atoms with Gasteiger partial charge in [0.25, 0.3) is 5.56 Å². The Hall–Kier alpha value is -2.84. The first-order valence-corrected chi connectivity index (χ1v) is 8.57. The van der Waals surface area contributed by atoms with Gasteiger partial charge in [-0.25, -0.2) is 4.79 Å². The fraction of sp³-hybridized carbons (Fsp3) is 0.529. The van der Waals surface area contributed by atoms with E-state index in [1.807, 2.05) is 13.8 Å². The van der Waals surface area contributed by atoms with Crippen molar-refractivity contribution in [1.82, 2.24) is 23.1 Å². The molecule has 0 aromatic carbocycles. The zero-order chi connectivity index (χ0) is 19.2. The Kier molecular flexibility index (Phi) is 4.47. The van der Waals surface area contributed by atoms with Crippen LogP contribution in [0.2, 0.25) is 0 Å². The lowest BCUT2D eigenvalue weighted by atomic mass is 10.3. The molecule has 26 heavy (non-hydrogen) atoms. The molecule has 3 heterocycles. The van der Waals surface area contributed by atoms with Gasteiger partial charge in [-0.05, 0) is 20.3 Å². The number of nitrogens with zero attached hydrogens (tertiary/aromatic N) is 5. The van der Waals surface area contributed by atoms with Gasteiger partial charge in [-0.3, -0.25) is 23.1 Å². The molecular formula is C17H23N5O4. The molecule has 0 radical (unpaired) electrons. The number of methoxy groups -OCH3 is 1. The van der Waals surface area contributed by atoms with Gasteiger partial charge in [0, 0.05) is 31.5 Å². The second kappa shape index (κ2) is 6.47. The van der Waals surface area contributed by atoms with E-state index in [9.17, 15) is 14.4 Å². The smallest absolute Gasteiger partial charge is 0.332 e. The Bertz CT molecular complexity index is 1130. The van der Waals surface area contributed by atoms with Gasteiger partial charge < -0.3 is 9.30 Å². The maximum Gasteiger partial charge on any atom is 0.332 e. The molecule has 0 fully saturated rings. The molecule has 3 rings (SSSR count). The summed E-state index contributed by atoms with van der Waals surface area (Å²) in [6.07, 6.45) is 0.879. The summed E-state index contributed by atoms with van der Waals surface area (Å²) in [5.41, 5.74) is 1.69. The van der Waals surface area contributed by atoms with E-state index in [2.05, 4.69) is 21.2 Å². The highest BCUT2D eigenvalue weighted by atomic mass is 16.5. The zero-order valence-corrected chi connectivity index (χ0v) is 15.7. The van der Waals surface area contributed by atoms with E-state index in [4.69, 9.17) is 0 Å². The summed E-state index contributed by atoms with van der Waals surface area (Å²) in [5.74, 6) is 0.174. The molecule has 9 nitrogen and oxygen atoms in total. The van der Waals surface area contributed by atoms with Crippen LogP contribution in [0.5, 0.6) is 0 Å². The third kappa shape index (κ3) is 2.46. The number of esters is 1. The highest BCUT2D eigenvalue weighted by Crippen LogP contribution is 2.20. The highest BCUT2D eigenvalue weighted by Gasteiger charge is 2.22. The van der Waals surface area contributed by atoms with Crippen LogP contribution in [-0.2, 0) is 29.7 Å². The van der Waals surface area contributed by atoms with Crippen molar-refractivity contribution in [1.29, 1.82) is 0 Å². The molecule has 0 aliphatic heterocycles. The summed E-state index contributed by atoms with van der Waals surface area (Å²) >= 11 is 0. The minimum absolute atomic E-state index is 0.0327. The predicted molar refractivity (Wildman–Crippen MR) is 96.6 cm³/mol. The van der Waals surface area contributed by atoms with E-state index in [0.29, 0.717) is 16.9 Å². The maximum atomic E-state index is 13.0. The number of hydrogen-bond acceptors (Lipinski definition) is 5. The van der Waals surface area contributed by atoms with Gasteiger partial charge in [0.05, 0.1) is 13.5 Å². The molecule has 9 heteroatoms. The van der Waals surface area contributed by atoms with Gasteiger partial charge in [0.1, 0.15) is 0 Å². The normalized spacial score (nSPS) is 11.6. The molecule has 0 spiro atoms. The Labute approximate surface area is 149 Å². The Balaban J connectivity index is 2.36. The second-order valence-electron chi connectivity index (χ2n) is 6.37. The topological polar surface area (TPSA) is 92.5 Å². The van der Waals surface area contributed by atoms with Gasteiger partial charge in [0.2, 0.25) is 5.78 Å². The molecule has 0 aliphatic rings. The van der Waals surface area contributed by atoms with Crippen molar-refractivity contribution in [2.24, 2.45) is 7.05 Å². The van der Waals surface area contributed by atoms with E-state index < -0.39 is 17.2 Å². The van der Waals surface area contributed by atoms with Crippen molar-refractivity contribution in [3.8, 4) is 0 Å². The molecule has 0 aliphatic carbocycles. The number of carbonyl (C=O) groups is 1. The van der Waals surface area contributed by atoms with Crippen LogP contribution in [0.4, 0.5) is 0 Å². The van der Waals surface area contributed by atoms with Crippen LogP contribution in [0.15, 0.2) is 9.59 Å². The molecule has 0 N–H and O–H groups in total. The fourth-order valence-electron chi connectivity index (χ4n) is 3.31. The van der Waals surface area contributed by atoms with Crippen molar-refractivity contribution in [3.05, 3.63) is 32.2 Å². The van der Waals surface area contributed by atoms with E-state index >= 15 is 0 Å². The zero-order valence-electron chi connectivity index (χ0n) is 15.7. The van der Waals surface area contributed by atoms with Gasteiger partial charge >= 0.3 is 11.7 Å². The molecule has 0 atom stereocenters. The molecule has 3 aromatic heterocycles. The standard InChI is InChI=1S/C17H23N5O4/c1-6-8-20-10(2)11(3)22-13-14(18-16(20)22)19(4)17(25)21(15(13)24)9-7-12(23)26-5/h6-9H2,1-5H3. The van der Waals surface area contributed by atoms with Crippen LogP contribution in [0.25, 0.3) is 16.9 Å². The van der Waals surface area contributed by atoms with E-state index in [1.54, 1.807) is 11.4 Å². The number of imidazole rings is 2. The van der Waals surface area contributed by atoms with Crippen LogP contribution in [0.1, 0.15) is 31.2 Å². The molecular weight excluding hydrogens is 338 g/mol. The molecule has 140 valence electrons. The van der Waals surface area contributed by atoms with Gasteiger partial charge in [-0.1, -0.05) is 6.92 Å². The van der Waals surface area contributed by atoms with Crippen molar-refractivity contribution in [2.75, 3.05) is 7.11 Å². The van der Waals surface area contributed by atoms with Crippen molar-refractivity contribution >= 4 is 22.9 Å². The lowest BCUT2D eigenvalue weighted by Crippen LogP contribution is -2.40. The Morgan fingerprint density at radius 2 is 1.81 bits per heavy atom. The quantitative estimate of drug-likeness (QED) is 0.625. The molecule has 0 saturated heterocycles. The summed E-state index contributed by atoms with van der Waals surface area (Å²) in [5, 5.41) is 0. The van der Waals surface area contributed by atoms with Gasteiger partial charge in [-0.2, -0.15) is 4.98 Å². The summed E-state index contributed by atoms with van der Waals surface area (Å²) in [6, 6.07) is 0. The first kappa shape index (κ1) is 18.0. The van der Waals surface area contributed by atoms with Crippen LogP contribution >= 0.6 is 0 Å². The van der Waals surface area contributed by atoms with E-state index in [0.717, 1.165) is 28.9 Å². The number of fused-ring (bicyclic) bond motifs is 3. The van der Waals surface area contributed by atoms with Crippen LogP contribution < -0.4 is 11.2 Å². The monoisotopic (exact) mass is 361 g/mol. The third-order valence-corrected chi connectivity index (χ3v) is 4.84. The molecule has 3 aromatic rings. The number of aryl methyl sites for hydroxylation is 3. The van der Waals surface area contributed by atoms with Crippen LogP contribution in [0, 0.1) is 13.8 Å². The van der Waals surface area contributed by atoms with E-state index in [1.165, 1.54) is 11.7 Å². The maximum absolute atomic E-state index is 13.0. The number of carbonyl (C=O) groups excluding carboxylic acids is 1. The molecule has 0 saturated carbocycles. The van der Waals surface area contributed by atoms with Crippen molar-refractivity contribution in [2.45, 2.75) is 46.7 Å². The summed E-state index contributed by atoms with van der Waals surface area (Å²) in [7, 11) is 2.85. The summed E-state index contributed by atoms with van der Waals surface area (Å²) < 4.78 is 10.9. The van der Waals surface area contributed by atoms with Crippen LogP contribution in [0.3, 0.4) is 0 Å². The number of hydrogen-bond donors (Lipinski definition) is 0. The Morgan fingerprint density at radius 1 is 1.12 bits per heavy atom. The third-order valence-electron chi connectivity index (χ3n) is 4.84. The largest absolute Gasteiger partial charge is 0.469 e. The molecule has 0 amide bonds. The lowest BCUT2D eigenvalue weighted by Gasteiger charge is -2.08. The average molecular weight is 361 g/mol. The lowest BCUT2D eigenvalue weighted by molar-refractivity contribution is -0.140. The first-order valence-electron chi connectivity index (χ1n) is 8.57. The predicted octanol–water partition coefficient (Wildman–Crippen LogP) is 0.739. The summed E-state index contributed by atoms with van der Waals surface area (Å²) in [4.78, 5) is 41.6. The highest BCUT2D eigenvalue weighted by molar-refractivity contribution is 5.76. The van der Waals surface area contributed by atoms with Crippen molar-refractivity contribution < 1.29 is 9.53 Å². The van der Waals surface area contributed by atoms with Crippen molar-refractivity contribution in [3.63, 3.8) is 0 Å². The van der Waals surface area contributed by atoms with Crippen LogP contribution in [-0.4, -0.2) is 36.2 Å². The van der Waals surface area contributed by atoms with E-state index in [-0.39, 0.29) is 13.0 Å². The number of ether oxygens (including phenoxy) is 1. The van der Waals surface area contributed by atoms with Gasteiger partial charge in [0.15, 0.2) is 11.2 Å². The van der Waals surface area contributed by atoms with Gasteiger partial charge in [-0.15, -0.1) is 0 Å². The minimum atomic E-state index is -0.497. The first-order chi connectivity index (χ1) is 12.3. The number of rotatable bonds is 5. The SMILES string of the molecule is CCCn1c(C)c(C)n2c3c(=O)n(CCC(=O)OC)c(=O)n(C)c3nc12. The average Bonchev–Trinajstić information content (AvgIpc) is 3.12. The summed E-state index contributed by atoms with van der Waals surface area (Å²) in [6.45, 7) is 6.73. The molecule has 0 bridgehead atoms. The molecule has 0 unspecified atom stereocenters. The second-order valence-corrected chi connectivity index (χ2v) is 6.37. The fourth-order valence-corrected chi connectivity index (χ4v) is 3.31. The Morgan fingerprint density at radius 3 is 2.42 bits per heavy atom.